The van der Waals surface area contributed by atoms with Crippen LogP contribution in [0.25, 0.3) is 22.3 Å². The molecule has 0 saturated carbocycles. The van der Waals surface area contributed by atoms with Crippen LogP contribution in [-0.2, 0) is 0 Å². The number of nitrogens with zero attached hydrogens (tertiary/aromatic N) is 2. The number of rotatable bonds is 9. The number of nitrogen functional groups attached to an aromatic ring is 1. The van der Waals surface area contributed by atoms with Gasteiger partial charge in [0.05, 0.1) is 13.7 Å². The molecule has 3 aromatic rings. The molecule has 0 aliphatic carbocycles. The number of pyridine rings is 1. The number of anilines is 1. The molecule has 31 heavy (non-hydrogen) atoms. The molecule has 0 unspecified atom stereocenters. The van der Waals surface area contributed by atoms with E-state index < -0.39 is 0 Å². The van der Waals surface area contributed by atoms with Gasteiger partial charge in [0.2, 0.25) is 0 Å². The summed E-state index contributed by atoms with van der Waals surface area (Å²) in [6.45, 7) is 4.80. The number of ether oxygens (including phenoxy) is 2. The van der Waals surface area contributed by atoms with Crippen molar-refractivity contribution >= 4 is 5.82 Å². The van der Waals surface area contributed by atoms with E-state index in [1.54, 1.807) is 7.11 Å². The second kappa shape index (κ2) is 10.5. The van der Waals surface area contributed by atoms with Gasteiger partial charge in [0.25, 0.3) is 0 Å². The first-order valence-electron chi connectivity index (χ1n) is 10.7. The molecule has 0 bridgehead atoms. The Hall–Kier alpha value is -3.52. The van der Waals surface area contributed by atoms with Gasteiger partial charge in [0.15, 0.2) is 0 Å². The molecule has 3 rings (SSSR count). The highest BCUT2D eigenvalue weighted by Crippen LogP contribution is 2.42. The Morgan fingerprint density at radius 3 is 2.42 bits per heavy atom. The number of hydrogen-bond donors (Lipinski definition) is 1. The summed E-state index contributed by atoms with van der Waals surface area (Å²) in [5.41, 5.74) is 10.6. The van der Waals surface area contributed by atoms with Crippen LogP contribution < -0.4 is 15.2 Å². The van der Waals surface area contributed by atoms with Gasteiger partial charge in [0, 0.05) is 22.4 Å². The number of nitriles is 1. The second-order valence-corrected chi connectivity index (χ2v) is 7.45. The van der Waals surface area contributed by atoms with Gasteiger partial charge in [-0.05, 0) is 37.1 Å². The van der Waals surface area contributed by atoms with Crippen LogP contribution >= 0.6 is 0 Å². The Kier molecular flexibility index (Phi) is 7.50. The van der Waals surface area contributed by atoms with Crippen LogP contribution in [0.4, 0.5) is 5.82 Å². The first-order valence-corrected chi connectivity index (χ1v) is 10.7. The SMILES string of the molecule is CCCCCCOc1ccc(-c2c(C#N)c(N)nc(C)c2-c2ccccc2OC)cc1. The number of aromatic nitrogens is 1. The Morgan fingerprint density at radius 1 is 1.00 bits per heavy atom. The van der Waals surface area contributed by atoms with Crippen LogP contribution in [-0.4, -0.2) is 18.7 Å². The number of aryl methyl sites for hydroxylation is 1. The zero-order valence-electron chi connectivity index (χ0n) is 18.4. The molecule has 5 nitrogen and oxygen atoms in total. The summed E-state index contributed by atoms with van der Waals surface area (Å²) < 4.78 is 11.5. The third-order valence-electron chi connectivity index (χ3n) is 5.30. The molecule has 0 aliphatic heterocycles. The zero-order valence-corrected chi connectivity index (χ0v) is 18.4. The maximum atomic E-state index is 9.86. The summed E-state index contributed by atoms with van der Waals surface area (Å²) in [7, 11) is 1.64. The summed E-state index contributed by atoms with van der Waals surface area (Å²) >= 11 is 0. The van der Waals surface area contributed by atoms with Crippen LogP contribution in [0.3, 0.4) is 0 Å². The lowest BCUT2D eigenvalue weighted by atomic mass is 9.89. The lowest BCUT2D eigenvalue weighted by Gasteiger charge is -2.18. The first-order chi connectivity index (χ1) is 15.1. The van der Waals surface area contributed by atoms with Crippen molar-refractivity contribution in [3.05, 3.63) is 59.8 Å². The molecule has 1 aromatic heterocycles. The zero-order chi connectivity index (χ0) is 22.2. The molecular formula is C26H29N3O2. The highest BCUT2D eigenvalue weighted by molar-refractivity contribution is 5.92. The van der Waals surface area contributed by atoms with Crippen LogP contribution in [0.1, 0.15) is 43.9 Å². The van der Waals surface area contributed by atoms with Gasteiger partial charge >= 0.3 is 0 Å². The Morgan fingerprint density at radius 2 is 1.74 bits per heavy atom. The molecule has 0 atom stereocenters. The van der Waals surface area contributed by atoms with Gasteiger partial charge in [0.1, 0.15) is 28.9 Å². The van der Waals surface area contributed by atoms with Crippen molar-refractivity contribution in [2.45, 2.75) is 39.5 Å². The minimum Gasteiger partial charge on any atom is -0.496 e. The van der Waals surface area contributed by atoms with Crippen molar-refractivity contribution in [2.75, 3.05) is 19.5 Å². The minimum atomic E-state index is 0.227. The largest absolute Gasteiger partial charge is 0.496 e. The van der Waals surface area contributed by atoms with E-state index in [0.717, 1.165) is 40.1 Å². The molecule has 0 aliphatic rings. The topological polar surface area (TPSA) is 81.2 Å². The standard InChI is InChI=1S/C26H29N3O2/c1-4-5-6-9-16-31-20-14-12-19(13-15-20)25-22(17-27)26(28)29-18(2)24(25)21-10-7-8-11-23(21)30-3/h7-8,10-15H,4-6,9,16H2,1-3H3,(H2,28,29). The van der Waals surface area contributed by atoms with Crippen LogP contribution in [0.15, 0.2) is 48.5 Å². The number of unbranched alkanes of at least 4 members (excludes halogenated alkanes) is 3. The van der Waals surface area contributed by atoms with Gasteiger partial charge in [-0.2, -0.15) is 5.26 Å². The van der Waals surface area contributed by atoms with E-state index in [9.17, 15) is 5.26 Å². The van der Waals surface area contributed by atoms with Gasteiger partial charge in [-0.1, -0.05) is 56.5 Å². The third kappa shape index (κ3) is 4.97. The van der Waals surface area contributed by atoms with Crippen molar-refractivity contribution in [1.29, 1.82) is 5.26 Å². The molecule has 0 radical (unpaired) electrons. The molecule has 160 valence electrons. The molecule has 2 N–H and O–H groups in total. The fourth-order valence-corrected chi connectivity index (χ4v) is 3.75. The van der Waals surface area contributed by atoms with E-state index in [1.165, 1.54) is 19.3 Å². The van der Waals surface area contributed by atoms with E-state index in [2.05, 4.69) is 18.0 Å². The van der Waals surface area contributed by atoms with E-state index >= 15 is 0 Å². The normalized spacial score (nSPS) is 10.5. The molecule has 0 fully saturated rings. The molecule has 0 amide bonds. The molecule has 0 spiro atoms. The van der Waals surface area contributed by atoms with Gasteiger partial charge in [-0.3, -0.25) is 0 Å². The van der Waals surface area contributed by atoms with Crippen molar-refractivity contribution in [3.8, 4) is 39.8 Å². The van der Waals surface area contributed by atoms with Crippen molar-refractivity contribution in [1.82, 2.24) is 4.98 Å². The fraction of sp³-hybridized carbons (Fsp3) is 0.308. The maximum absolute atomic E-state index is 9.86. The fourth-order valence-electron chi connectivity index (χ4n) is 3.75. The number of methoxy groups -OCH3 is 1. The van der Waals surface area contributed by atoms with Crippen LogP contribution in [0.5, 0.6) is 11.5 Å². The quantitative estimate of drug-likeness (QED) is 0.424. The molecule has 5 heteroatoms. The number of benzene rings is 2. The van der Waals surface area contributed by atoms with E-state index in [4.69, 9.17) is 15.2 Å². The van der Waals surface area contributed by atoms with Crippen molar-refractivity contribution < 1.29 is 9.47 Å². The minimum absolute atomic E-state index is 0.227. The van der Waals surface area contributed by atoms with Gasteiger partial charge in [-0.15, -0.1) is 0 Å². The Balaban J connectivity index is 2.03. The van der Waals surface area contributed by atoms with E-state index in [1.807, 2.05) is 55.5 Å². The summed E-state index contributed by atoms with van der Waals surface area (Å²) in [4.78, 5) is 4.44. The smallest absolute Gasteiger partial charge is 0.142 e. The lowest BCUT2D eigenvalue weighted by molar-refractivity contribution is 0.305. The summed E-state index contributed by atoms with van der Waals surface area (Å²) in [6.07, 6.45) is 4.66. The molecule has 0 saturated heterocycles. The highest BCUT2D eigenvalue weighted by atomic mass is 16.5. The number of para-hydroxylation sites is 1. The molecular weight excluding hydrogens is 386 g/mol. The highest BCUT2D eigenvalue weighted by Gasteiger charge is 2.21. The average molecular weight is 416 g/mol. The number of nitrogens with two attached hydrogens (primary N) is 1. The van der Waals surface area contributed by atoms with E-state index in [-0.39, 0.29) is 5.82 Å². The molecule has 1 heterocycles. The lowest BCUT2D eigenvalue weighted by Crippen LogP contribution is -2.04. The Labute approximate surface area is 184 Å². The number of hydrogen-bond acceptors (Lipinski definition) is 5. The van der Waals surface area contributed by atoms with Crippen LogP contribution in [0, 0.1) is 18.3 Å². The predicted molar refractivity (Wildman–Crippen MR) is 125 cm³/mol. The summed E-state index contributed by atoms with van der Waals surface area (Å²) in [6, 6.07) is 17.8. The average Bonchev–Trinajstić information content (AvgIpc) is 2.79. The molecule has 2 aromatic carbocycles. The summed E-state index contributed by atoms with van der Waals surface area (Å²) in [5.74, 6) is 1.76. The van der Waals surface area contributed by atoms with E-state index in [0.29, 0.717) is 17.9 Å². The maximum Gasteiger partial charge on any atom is 0.142 e. The van der Waals surface area contributed by atoms with Crippen molar-refractivity contribution in [3.63, 3.8) is 0 Å². The van der Waals surface area contributed by atoms with Crippen LogP contribution in [0.2, 0.25) is 0 Å². The van der Waals surface area contributed by atoms with Gasteiger partial charge in [-0.25, -0.2) is 4.98 Å². The second-order valence-electron chi connectivity index (χ2n) is 7.45. The first kappa shape index (κ1) is 22.2. The monoisotopic (exact) mass is 415 g/mol. The Bertz CT molecular complexity index is 1070. The van der Waals surface area contributed by atoms with Gasteiger partial charge < -0.3 is 15.2 Å². The third-order valence-corrected chi connectivity index (χ3v) is 5.30. The predicted octanol–water partition coefficient (Wildman–Crippen LogP) is 6.15. The van der Waals surface area contributed by atoms with Crippen molar-refractivity contribution in [2.24, 2.45) is 0 Å². The summed E-state index contributed by atoms with van der Waals surface area (Å²) in [5, 5.41) is 9.86.